The van der Waals surface area contributed by atoms with E-state index in [9.17, 15) is 4.79 Å². The zero-order chi connectivity index (χ0) is 20.7. The lowest BCUT2D eigenvalue weighted by Crippen LogP contribution is -2.21. The first-order valence-corrected chi connectivity index (χ1v) is 9.60. The summed E-state index contributed by atoms with van der Waals surface area (Å²) in [7, 11) is 0. The molecular formula is C23H19N5O2. The lowest BCUT2D eigenvalue weighted by molar-refractivity contribution is 0.571. The van der Waals surface area contributed by atoms with E-state index in [0.29, 0.717) is 22.6 Å². The molecule has 0 aliphatic rings. The number of aryl methyl sites for hydroxylation is 2. The molecule has 3 heterocycles. The van der Waals surface area contributed by atoms with Crippen molar-refractivity contribution in [3.63, 3.8) is 0 Å². The number of rotatable bonds is 4. The van der Waals surface area contributed by atoms with Crippen LogP contribution in [0.5, 0.6) is 0 Å². The van der Waals surface area contributed by atoms with E-state index in [1.165, 1.54) is 10.9 Å². The molecule has 2 aromatic carbocycles. The van der Waals surface area contributed by atoms with Gasteiger partial charge in [-0.2, -0.15) is 5.10 Å². The minimum Gasteiger partial charge on any atom is -0.444 e. The Balaban J connectivity index is 1.49. The van der Waals surface area contributed by atoms with Crippen LogP contribution in [0.15, 0.2) is 76.5 Å². The van der Waals surface area contributed by atoms with Crippen molar-refractivity contribution < 1.29 is 4.42 Å². The van der Waals surface area contributed by atoms with Crippen LogP contribution in [0.3, 0.4) is 0 Å². The van der Waals surface area contributed by atoms with E-state index in [4.69, 9.17) is 4.42 Å². The van der Waals surface area contributed by atoms with Gasteiger partial charge in [0.15, 0.2) is 5.65 Å². The highest BCUT2D eigenvalue weighted by Crippen LogP contribution is 2.19. The predicted octanol–water partition coefficient (Wildman–Crippen LogP) is 3.90. The minimum atomic E-state index is -0.167. The van der Waals surface area contributed by atoms with Crippen LogP contribution in [0, 0.1) is 13.8 Å². The highest BCUT2D eigenvalue weighted by molar-refractivity contribution is 5.75. The van der Waals surface area contributed by atoms with Crippen molar-refractivity contribution in [3.05, 3.63) is 94.5 Å². The van der Waals surface area contributed by atoms with E-state index < -0.39 is 0 Å². The average molecular weight is 397 g/mol. The van der Waals surface area contributed by atoms with Crippen molar-refractivity contribution in [1.29, 1.82) is 0 Å². The first-order valence-electron chi connectivity index (χ1n) is 9.60. The molecule has 0 unspecified atom stereocenters. The number of fused-ring (bicyclic) bond motifs is 1. The number of benzene rings is 2. The van der Waals surface area contributed by atoms with Gasteiger partial charge in [0.05, 0.1) is 24.1 Å². The Morgan fingerprint density at radius 2 is 1.80 bits per heavy atom. The highest BCUT2D eigenvalue weighted by Gasteiger charge is 2.14. The molecule has 0 aliphatic heterocycles. The van der Waals surface area contributed by atoms with Gasteiger partial charge in [0.2, 0.25) is 5.89 Å². The number of oxazole rings is 1. The summed E-state index contributed by atoms with van der Waals surface area (Å²) in [6.45, 7) is 4.33. The van der Waals surface area contributed by atoms with E-state index >= 15 is 0 Å². The summed E-state index contributed by atoms with van der Waals surface area (Å²) in [6.07, 6.45) is 4.66. The molecule has 0 atom stereocenters. The van der Waals surface area contributed by atoms with Gasteiger partial charge < -0.3 is 4.42 Å². The SMILES string of the molecule is Cc1cc(C)cc(-n2ncc3c(=O)n(Cc4coc(-c5ccccc5)n4)cnc32)c1. The number of aromatic nitrogens is 5. The van der Waals surface area contributed by atoms with Crippen molar-refractivity contribution in [2.45, 2.75) is 20.4 Å². The fourth-order valence-corrected chi connectivity index (χ4v) is 3.59. The summed E-state index contributed by atoms with van der Waals surface area (Å²) >= 11 is 0. The Morgan fingerprint density at radius 3 is 2.57 bits per heavy atom. The van der Waals surface area contributed by atoms with Crippen molar-refractivity contribution in [2.75, 3.05) is 0 Å². The molecule has 148 valence electrons. The summed E-state index contributed by atoms with van der Waals surface area (Å²) < 4.78 is 8.79. The van der Waals surface area contributed by atoms with Gasteiger partial charge in [-0.05, 0) is 49.2 Å². The Kier molecular flexibility index (Phi) is 4.28. The topological polar surface area (TPSA) is 78.7 Å². The number of hydrogen-bond donors (Lipinski definition) is 0. The van der Waals surface area contributed by atoms with Crippen LogP contribution in [-0.2, 0) is 6.54 Å². The van der Waals surface area contributed by atoms with Crippen LogP contribution in [0.4, 0.5) is 0 Å². The normalized spacial score (nSPS) is 11.3. The Hall–Kier alpha value is -4.00. The fraction of sp³-hybridized carbons (Fsp3) is 0.130. The van der Waals surface area contributed by atoms with E-state index in [-0.39, 0.29) is 12.1 Å². The standard InChI is InChI=1S/C23H19N5O2/c1-15-8-16(2)10-19(9-15)28-21-20(11-25-28)23(29)27(14-24-21)12-18-13-30-22(26-18)17-6-4-3-5-7-17/h3-11,13-14H,12H2,1-2H3. The maximum absolute atomic E-state index is 13.0. The Labute approximate surface area is 172 Å². The molecule has 30 heavy (non-hydrogen) atoms. The summed E-state index contributed by atoms with van der Waals surface area (Å²) in [5.41, 5.74) is 5.05. The summed E-state index contributed by atoms with van der Waals surface area (Å²) in [6, 6.07) is 15.8. The van der Waals surface area contributed by atoms with Gasteiger partial charge in [-0.15, -0.1) is 0 Å². The molecule has 0 spiro atoms. The molecule has 0 saturated carbocycles. The van der Waals surface area contributed by atoms with E-state index in [2.05, 4.69) is 21.1 Å². The first-order chi connectivity index (χ1) is 14.6. The van der Waals surface area contributed by atoms with Crippen LogP contribution < -0.4 is 5.56 Å². The molecule has 0 fully saturated rings. The molecule has 0 bridgehead atoms. The zero-order valence-corrected chi connectivity index (χ0v) is 16.6. The molecule has 0 saturated heterocycles. The molecular weight excluding hydrogens is 378 g/mol. The third kappa shape index (κ3) is 3.20. The van der Waals surface area contributed by atoms with Gasteiger partial charge in [-0.3, -0.25) is 9.36 Å². The minimum absolute atomic E-state index is 0.167. The molecule has 0 aliphatic carbocycles. The van der Waals surface area contributed by atoms with Crippen LogP contribution in [-0.4, -0.2) is 24.3 Å². The molecule has 0 radical (unpaired) electrons. The third-order valence-corrected chi connectivity index (χ3v) is 4.91. The lowest BCUT2D eigenvalue weighted by atomic mass is 10.1. The molecule has 0 amide bonds. The van der Waals surface area contributed by atoms with Crippen LogP contribution in [0.1, 0.15) is 16.8 Å². The molecule has 0 N–H and O–H groups in total. The summed E-state index contributed by atoms with van der Waals surface area (Å²) in [5, 5.41) is 4.87. The van der Waals surface area contributed by atoms with Crippen LogP contribution in [0.2, 0.25) is 0 Å². The van der Waals surface area contributed by atoms with Crippen LogP contribution >= 0.6 is 0 Å². The Morgan fingerprint density at radius 1 is 1.03 bits per heavy atom. The molecule has 5 aromatic rings. The van der Waals surface area contributed by atoms with E-state index in [0.717, 1.165) is 22.4 Å². The first kappa shape index (κ1) is 18.1. The van der Waals surface area contributed by atoms with E-state index in [1.807, 2.05) is 56.3 Å². The molecule has 7 nitrogen and oxygen atoms in total. The van der Waals surface area contributed by atoms with Crippen molar-refractivity contribution in [1.82, 2.24) is 24.3 Å². The zero-order valence-electron chi connectivity index (χ0n) is 16.6. The monoisotopic (exact) mass is 397 g/mol. The van der Waals surface area contributed by atoms with Gasteiger partial charge in [0.1, 0.15) is 18.0 Å². The second-order valence-electron chi connectivity index (χ2n) is 7.33. The molecule has 3 aromatic heterocycles. The van der Waals surface area contributed by atoms with Gasteiger partial charge in [0.25, 0.3) is 5.56 Å². The van der Waals surface area contributed by atoms with Crippen molar-refractivity contribution in [3.8, 4) is 17.1 Å². The summed E-state index contributed by atoms with van der Waals surface area (Å²) in [5.74, 6) is 0.523. The second kappa shape index (κ2) is 7.11. The fourth-order valence-electron chi connectivity index (χ4n) is 3.59. The maximum Gasteiger partial charge on any atom is 0.264 e. The van der Waals surface area contributed by atoms with Gasteiger partial charge >= 0.3 is 0 Å². The van der Waals surface area contributed by atoms with Crippen molar-refractivity contribution in [2.24, 2.45) is 0 Å². The highest BCUT2D eigenvalue weighted by atomic mass is 16.3. The van der Waals surface area contributed by atoms with Gasteiger partial charge in [-0.1, -0.05) is 24.3 Å². The van der Waals surface area contributed by atoms with Crippen LogP contribution in [0.25, 0.3) is 28.2 Å². The third-order valence-electron chi connectivity index (χ3n) is 4.91. The van der Waals surface area contributed by atoms with Gasteiger partial charge in [0, 0.05) is 5.56 Å². The molecule has 5 rings (SSSR count). The average Bonchev–Trinajstić information content (AvgIpc) is 3.38. The largest absolute Gasteiger partial charge is 0.444 e. The maximum atomic E-state index is 13.0. The Bertz CT molecular complexity index is 1390. The lowest BCUT2D eigenvalue weighted by Gasteiger charge is -2.07. The van der Waals surface area contributed by atoms with E-state index in [1.54, 1.807) is 17.1 Å². The predicted molar refractivity (Wildman–Crippen MR) is 114 cm³/mol. The number of hydrogen-bond acceptors (Lipinski definition) is 5. The summed E-state index contributed by atoms with van der Waals surface area (Å²) in [4.78, 5) is 22.0. The second-order valence-corrected chi connectivity index (χ2v) is 7.33. The van der Waals surface area contributed by atoms with Crippen molar-refractivity contribution >= 4 is 11.0 Å². The smallest absolute Gasteiger partial charge is 0.264 e. The van der Waals surface area contributed by atoms with Gasteiger partial charge in [-0.25, -0.2) is 14.6 Å². The quantitative estimate of drug-likeness (QED) is 0.460. The number of nitrogens with zero attached hydrogens (tertiary/aromatic N) is 5. The molecule has 7 heteroatoms.